The highest BCUT2D eigenvalue weighted by Gasteiger charge is 2.21. The van der Waals surface area contributed by atoms with Crippen molar-refractivity contribution in [2.75, 3.05) is 18.5 Å². The Labute approximate surface area is 141 Å². The van der Waals surface area contributed by atoms with E-state index in [0.29, 0.717) is 17.4 Å². The highest BCUT2D eigenvalue weighted by atomic mass is 16.5. The monoisotopic (exact) mass is 326 g/mol. The number of carbonyl (C=O) groups is 1. The zero-order chi connectivity index (χ0) is 16.8. The van der Waals surface area contributed by atoms with E-state index in [9.17, 15) is 4.79 Å². The van der Waals surface area contributed by atoms with Crippen LogP contribution in [-0.4, -0.2) is 35.3 Å². The third kappa shape index (κ3) is 4.29. The SMILES string of the molecule is CC(NC(=O)Nc1cnc(-c2ccccc2)nc1)C1CCOCC1. The first-order valence-electron chi connectivity index (χ1n) is 8.25. The normalized spacial score (nSPS) is 16.4. The molecule has 2 amide bonds. The Morgan fingerprint density at radius 3 is 2.50 bits per heavy atom. The average Bonchev–Trinajstić information content (AvgIpc) is 2.64. The summed E-state index contributed by atoms with van der Waals surface area (Å²) in [7, 11) is 0. The predicted octanol–water partition coefficient (Wildman–Crippen LogP) is 3.08. The van der Waals surface area contributed by atoms with E-state index in [0.717, 1.165) is 31.6 Å². The molecule has 3 rings (SSSR count). The summed E-state index contributed by atoms with van der Waals surface area (Å²) in [5.74, 6) is 1.10. The number of hydrogen-bond donors (Lipinski definition) is 2. The zero-order valence-corrected chi connectivity index (χ0v) is 13.7. The number of urea groups is 1. The fraction of sp³-hybridized carbons (Fsp3) is 0.389. The fourth-order valence-corrected chi connectivity index (χ4v) is 2.84. The topological polar surface area (TPSA) is 76.1 Å². The minimum Gasteiger partial charge on any atom is -0.381 e. The molecule has 126 valence electrons. The van der Waals surface area contributed by atoms with E-state index in [1.165, 1.54) is 0 Å². The number of anilines is 1. The summed E-state index contributed by atoms with van der Waals surface area (Å²) < 4.78 is 5.35. The number of hydrogen-bond acceptors (Lipinski definition) is 4. The summed E-state index contributed by atoms with van der Waals surface area (Å²) >= 11 is 0. The molecule has 2 N–H and O–H groups in total. The average molecular weight is 326 g/mol. The second kappa shape index (κ2) is 7.88. The summed E-state index contributed by atoms with van der Waals surface area (Å²) in [4.78, 5) is 20.7. The Morgan fingerprint density at radius 2 is 1.83 bits per heavy atom. The minimum atomic E-state index is -0.231. The molecule has 1 atom stereocenters. The predicted molar refractivity (Wildman–Crippen MR) is 92.6 cm³/mol. The molecular weight excluding hydrogens is 304 g/mol. The number of nitrogens with one attached hydrogen (secondary N) is 2. The number of aromatic nitrogens is 2. The molecule has 0 spiro atoms. The zero-order valence-electron chi connectivity index (χ0n) is 13.7. The van der Waals surface area contributed by atoms with Crippen molar-refractivity contribution in [1.82, 2.24) is 15.3 Å². The first kappa shape index (κ1) is 16.4. The molecule has 0 aliphatic carbocycles. The Bertz CT molecular complexity index is 654. The maximum absolute atomic E-state index is 12.1. The van der Waals surface area contributed by atoms with Gasteiger partial charge < -0.3 is 15.4 Å². The van der Waals surface area contributed by atoms with Crippen LogP contribution in [0.15, 0.2) is 42.7 Å². The van der Waals surface area contributed by atoms with Crippen molar-refractivity contribution >= 4 is 11.7 Å². The van der Waals surface area contributed by atoms with E-state index in [1.807, 2.05) is 37.3 Å². The van der Waals surface area contributed by atoms with Crippen LogP contribution in [-0.2, 0) is 4.74 Å². The molecule has 0 saturated carbocycles. The van der Waals surface area contributed by atoms with E-state index in [2.05, 4.69) is 20.6 Å². The van der Waals surface area contributed by atoms with Gasteiger partial charge in [0.2, 0.25) is 0 Å². The van der Waals surface area contributed by atoms with Crippen molar-refractivity contribution in [3.05, 3.63) is 42.7 Å². The highest BCUT2D eigenvalue weighted by molar-refractivity contribution is 5.89. The van der Waals surface area contributed by atoms with Crippen molar-refractivity contribution in [2.24, 2.45) is 5.92 Å². The van der Waals surface area contributed by atoms with Gasteiger partial charge in [0.1, 0.15) is 0 Å². The molecule has 1 aliphatic heterocycles. The van der Waals surface area contributed by atoms with E-state index in [1.54, 1.807) is 12.4 Å². The summed E-state index contributed by atoms with van der Waals surface area (Å²) in [5, 5.41) is 5.77. The van der Waals surface area contributed by atoms with Gasteiger partial charge in [0, 0.05) is 24.8 Å². The molecule has 6 nitrogen and oxygen atoms in total. The lowest BCUT2D eigenvalue weighted by atomic mass is 9.93. The van der Waals surface area contributed by atoms with Gasteiger partial charge in [0.25, 0.3) is 0 Å². The van der Waals surface area contributed by atoms with Gasteiger partial charge in [-0.25, -0.2) is 14.8 Å². The molecule has 1 unspecified atom stereocenters. The molecule has 1 aliphatic rings. The van der Waals surface area contributed by atoms with E-state index in [-0.39, 0.29) is 12.1 Å². The molecule has 1 saturated heterocycles. The second-order valence-electron chi connectivity index (χ2n) is 6.00. The first-order valence-corrected chi connectivity index (χ1v) is 8.25. The van der Waals surface area contributed by atoms with Crippen LogP contribution in [0.4, 0.5) is 10.5 Å². The number of benzene rings is 1. The van der Waals surface area contributed by atoms with E-state index < -0.39 is 0 Å². The van der Waals surface area contributed by atoms with Gasteiger partial charge in [-0.05, 0) is 25.7 Å². The maximum Gasteiger partial charge on any atom is 0.319 e. The Kier molecular flexibility index (Phi) is 5.38. The van der Waals surface area contributed by atoms with Gasteiger partial charge in [0.15, 0.2) is 5.82 Å². The molecule has 24 heavy (non-hydrogen) atoms. The first-order chi connectivity index (χ1) is 11.7. The van der Waals surface area contributed by atoms with Gasteiger partial charge in [-0.1, -0.05) is 30.3 Å². The largest absolute Gasteiger partial charge is 0.381 e. The Morgan fingerprint density at radius 1 is 1.17 bits per heavy atom. The number of rotatable bonds is 4. The van der Waals surface area contributed by atoms with Crippen molar-refractivity contribution in [1.29, 1.82) is 0 Å². The number of amides is 2. The van der Waals surface area contributed by atoms with Gasteiger partial charge in [-0.2, -0.15) is 0 Å². The number of nitrogens with zero attached hydrogens (tertiary/aromatic N) is 2. The smallest absolute Gasteiger partial charge is 0.319 e. The molecule has 1 fully saturated rings. The van der Waals surface area contributed by atoms with Crippen LogP contribution in [0.25, 0.3) is 11.4 Å². The number of ether oxygens (including phenoxy) is 1. The van der Waals surface area contributed by atoms with Gasteiger partial charge in [-0.15, -0.1) is 0 Å². The third-order valence-corrected chi connectivity index (χ3v) is 4.27. The molecular formula is C18H22N4O2. The van der Waals surface area contributed by atoms with Gasteiger partial charge in [0.05, 0.1) is 18.1 Å². The lowest BCUT2D eigenvalue weighted by Gasteiger charge is -2.28. The summed E-state index contributed by atoms with van der Waals surface area (Å²) in [5.41, 5.74) is 1.52. The van der Waals surface area contributed by atoms with Crippen LogP contribution in [0.3, 0.4) is 0 Å². The Hall–Kier alpha value is -2.47. The molecule has 0 radical (unpaired) electrons. The van der Waals surface area contributed by atoms with Crippen molar-refractivity contribution < 1.29 is 9.53 Å². The maximum atomic E-state index is 12.1. The summed E-state index contributed by atoms with van der Waals surface area (Å²) in [6, 6.07) is 9.61. The summed E-state index contributed by atoms with van der Waals surface area (Å²) in [6.07, 6.45) is 5.20. The number of carbonyl (C=O) groups excluding carboxylic acids is 1. The van der Waals surface area contributed by atoms with Crippen LogP contribution in [0.1, 0.15) is 19.8 Å². The minimum absolute atomic E-state index is 0.110. The molecule has 1 aromatic heterocycles. The third-order valence-electron chi connectivity index (χ3n) is 4.27. The lowest BCUT2D eigenvalue weighted by molar-refractivity contribution is 0.0573. The van der Waals surface area contributed by atoms with Crippen LogP contribution < -0.4 is 10.6 Å². The fourth-order valence-electron chi connectivity index (χ4n) is 2.84. The molecule has 2 heterocycles. The quantitative estimate of drug-likeness (QED) is 0.905. The molecule has 1 aromatic carbocycles. The lowest BCUT2D eigenvalue weighted by Crippen LogP contribution is -2.42. The van der Waals surface area contributed by atoms with Crippen molar-refractivity contribution in [3.8, 4) is 11.4 Å². The summed E-state index contributed by atoms with van der Waals surface area (Å²) in [6.45, 7) is 3.57. The van der Waals surface area contributed by atoms with Gasteiger partial charge in [-0.3, -0.25) is 0 Å². The molecule has 0 bridgehead atoms. The second-order valence-corrected chi connectivity index (χ2v) is 6.00. The van der Waals surface area contributed by atoms with Crippen molar-refractivity contribution in [2.45, 2.75) is 25.8 Å². The van der Waals surface area contributed by atoms with Crippen LogP contribution in [0, 0.1) is 5.92 Å². The van der Waals surface area contributed by atoms with Crippen LogP contribution >= 0.6 is 0 Å². The van der Waals surface area contributed by atoms with Gasteiger partial charge >= 0.3 is 6.03 Å². The van der Waals surface area contributed by atoms with E-state index >= 15 is 0 Å². The standard InChI is InChI=1S/C18H22N4O2/c1-13(14-7-9-24-10-8-14)21-18(23)22-16-11-19-17(20-12-16)15-5-3-2-4-6-15/h2-6,11-14H,7-10H2,1H3,(H2,21,22,23). The molecule has 2 aromatic rings. The van der Waals surface area contributed by atoms with Crippen molar-refractivity contribution in [3.63, 3.8) is 0 Å². The molecule has 6 heteroatoms. The van der Waals surface area contributed by atoms with E-state index in [4.69, 9.17) is 4.74 Å². The highest BCUT2D eigenvalue weighted by Crippen LogP contribution is 2.19. The van der Waals surface area contributed by atoms with Crippen LogP contribution in [0.2, 0.25) is 0 Å². The van der Waals surface area contributed by atoms with Crippen LogP contribution in [0.5, 0.6) is 0 Å². The Balaban J connectivity index is 1.54.